The standard InChI is InChI=1S/C14H17F12NO/c1-3-7(2)8(28)27-6-4-5-10(17,18)12(21,22)14(25,26)13(23,24)11(19,20)9(15)16/h7,9H,3-6H2,1-2H3,(H,27,28). The van der Waals surface area contributed by atoms with Gasteiger partial charge in [0.1, 0.15) is 0 Å². The van der Waals surface area contributed by atoms with Crippen LogP contribution >= 0.6 is 0 Å². The number of hydrogen-bond acceptors (Lipinski definition) is 1. The molecule has 28 heavy (non-hydrogen) atoms. The minimum Gasteiger partial charge on any atom is -0.356 e. The molecule has 0 aliphatic heterocycles. The predicted molar refractivity (Wildman–Crippen MR) is 72.4 cm³/mol. The molecule has 0 aliphatic rings. The largest absolute Gasteiger partial charge is 0.384 e. The Bertz CT molecular complexity index is 534. The molecule has 0 fully saturated rings. The first kappa shape index (κ1) is 26.6. The van der Waals surface area contributed by atoms with Crippen molar-refractivity contribution >= 4 is 5.91 Å². The van der Waals surface area contributed by atoms with Gasteiger partial charge in [0.15, 0.2) is 0 Å². The fraction of sp³-hybridized carbons (Fsp3) is 0.929. The molecular formula is C14H17F12NO. The maximum absolute atomic E-state index is 13.5. The van der Waals surface area contributed by atoms with Crippen LogP contribution in [0.1, 0.15) is 33.1 Å². The van der Waals surface area contributed by atoms with Gasteiger partial charge in [-0.1, -0.05) is 13.8 Å². The molecule has 168 valence electrons. The van der Waals surface area contributed by atoms with Gasteiger partial charge in [0, 0.05) is 18.9 Å². The number of carbonyl (C=O) groups is 1. The van der Waals surface area contributed by atoms with Gasteiger partial charge in [-0.3, -0.25) is 4.79 Å². The molecule has 1 amide bonds. The van der Waals surface area contributed by atoms with Gasteiger partial charge in [-0.05, 0) is 12.8 Å². The van der Waals surface area contributed by atoms with E-state index in [1.807, 2.05) is 5.32 Å². The molecule has 0 bridgehead atoms. The van der Waals surface area contributed by atoms with E-state index in [9.17, 15) is 57.5 Å². The molecule has 0 aliphatic carbocycles. The summed E-state index contributed by atoms with van der Waals surface area (Å²) in [6.45, 7) is 2.27. The molecule has 0 heterocycles. The average Bonchev–Trinajstić information content (AvgIpc) is 2.56. The van der Waals surface area contributed by atoms with Gasteiger partial charge in [-0.2, -0.15) is 43.9 Å². The van der Waals surface area contributed by atoms with Crippen molar-refractivity contribution in [2.24, 2.45) is 5.92 Å². The molecule has 1 N–H and O–H groups in total. The van der Waals surface area contributed by atoms with Crippen LogP contribution in [0, 0.1) is 5.92 Å². The van der Waals surface area contributed by atoms with E-state index in [1.165, 1.54) is 6.92 Å². The number of amides is 1. The zero-order chi connectivity index (χ0) is 22.8. The lowest BCUT2D eigenvalue weighted by Gasteiger charge is -2.39. The summed E-state index contributed by atoms with van der Waals surface area (Å²) in [5, 5.41) is 1.99. The zero-order valence-electron chi connectivity index (χ0n) is 14.4. The Labute approximate surface area is 151 Å². The second-order valence-corrected chi connectivity index (χ2v) is 6.06. The Kier molecular flexibility index (Phi) is 8.14. The Hall–Kier alpha value is -1.37. The van der Waals surface area contributed by atoms with Gasteiger partial charge in [0.05, 0.1) is 0 Å². The van der Waals surface area contributed by atoms with Gasteiger partial charge >= 0.3 is 36.0 Å². The van der Waals surface area contributed by atoms with Crippen LogP contribution in [0.15, 0.2) is 0 Å². The van der Waals surface area contributed by atoms with E-state index in [0.717, 1.165) is 0 Å². The molecule has 1 atom stereocenters. The van der Waals surface area contributed by atoms with Crippen LogP contribution in [0.2, 0.25) is 0 Å². The third-order valence-electron chi connectivity index (χ3n) is 3.97. The lowest BCUT2D eigenvalue weighted by Crippen LogP contribution is -2.68. The SMILES string of the molecule is CCC(C)C(=O)NCCCC(F)(F)C(F)(F)C(F)(F)C(F)(F)C(F)(F)C(F)F. The van der Waals surface area contributed by atoms with E-state index in [4.69, 9.17) is 0 Å². The number of carbonyl (C=O) groups excluding carboxylic acids is 1. The van der Waals surface area contributed by atoms with E-state index in [-0.39, 0.29) is 0 Å². The summed E-state index contributed by atoms with van der Waals surface area (Å²) in [7, 11) is 0. The molecule has 0 aromatic carbocycles. The van der Waals surface area contributed by atoms with E-state index in [1.54, 1.807) is 6.92 Å². The normalized spacial score (nSPS) is 15.7. The van der Waals surface area contributed by atoms with Crippen molar-refractivity contribution in [1.29, 1.82) is 0 Å². The maximum Gasteiger partial charge on any atom is 0.384 e. The van der Waals surface area contributed by atoms with Crippen LogP contribution < -0.4 is 5.32 Å². The number of alkyl halides is 12. The van der Waals surface area contributed by atoms with E-state index < -0.39 is 67.2 Å². The van der Waals surface area contributed by atoms with Crippen LogP contribution in [0.4, 0.5) is 52.7 Å². The number of halogens is 12. The van der Waals surface area contributed by atoms with Gasteiger partial charge in [0.25, 0.3) is 0 Å². The van der Waals surface area contributed by atoms with Crippen molar-refractivity contribution in [3.8, 4) is 0 Å². The zero-order valence-corrected chi connectivity index (χ0v) is 14.4. The molecular weight excluding hydrogens is 426 g/mol. The van der Waals surface area contributed by atoms with Gasteiger partial charge in [-0.15, -0.1) is 0 Å². The summed E-state index contributed by atoms with van der Waals surface area (Å²) < 4.78 is 155. The van der Waals surface area contributed by atoms with Crippen molar-refractivity contribution in [2.45, 2.75) is 69.1 Å². The first-order valence-electron chi connectivity index (χ1n) is 7.76. The highest BCUT2D eigenvalue weighted by atomic mass is 19.4. The summed E-state index contributed by atoms with van der Waals surface area (Å²) in [5.41, 5.74) is 0. The van der Waals surface area contributed by atoms with Crippen molar-refractivity contribution in [2.75, 3.05) is 6.54 Å². The second-order valence-electron chi connectivity index (χ2n) is 6.06. The molecule has 1 unspecified atom stereocenters. The van der Waals surface area contributed by atoms with Crippen LogP contribution in [0.25, 0.3) is 0 Å². The van der Waals surface area contributed by atoms with Crippen LogP contribution in [0.5, 0.6) is 0 Å². The molecule has 0 saturated carbocycles. The van der Waals surface area contributed by atoms with Crippen molar-refractivity contribution in [1.82, 2.24) is 5.32 Å². The Morgan fingerprint density at radius 3 is 1.71 bits per heavy atom. The lowest BCUT2D eigenvalue weighted by atomic mass is 9.92. The second kappa shape index (κ2) is 8.56. The van der Waals surface area contributed by atoms with Crippen LogP contribution in [-0.4, -0.2) is 48.5 Å². The maximum atomic E-state index is 13.5. The molecule has 0 spiro atoms. The molecule has 0 saturated heterocycles. The Morgan fingerprint density at radius 1 is 0.857 bits per heavy atom. The Morgan fingerprint density at radius 2 is 1.32 bits per heavy atom. The van der Waals surface area contributed by atoms with E-state index in [0.29, 0.717) is 6.42 Å². The first-order valence-corrected chi connectivity index (χ1v) is 7.76. The number of rotatable bonds is 11. The molecule has 0 aromatic rings. The summed E-state index contributed by atoms with van der Waals surface area (Å²) in [5.74, 6) is -36.3. The van der Waals surface area contributed by atoms with Crippen LogP contribution in [0.3, 0.4) is 0 Å². The first-order chi connectivity index (χ1) is 12.3. The summed E-state index contributed by atoms with van der Waals surface area (Å²) >= 11 is 0. The van der Waals surface area contributed by atoms with Gasteiger partial charge in [-0.25, -0.2) is 8.78 Å². The van der Waals surface area contributed by atoms with Crippen molar-refractivity contribution in [3.05, 3.63) is 0 Å². The molecule has 0 aromatic heterocycles. The quantitative estimate of drug-likeness (QED) is 0.338. The van der Waals surface area contributed by atoms with E-state index >= 15 is 0 Å². The summed E-state index contributed by atoms with van der Waals surface area (Å²) in [6, 6.07) is 0. The number of hydrogen-bond donors (Lipinski definition) is 1. The number of nitrogens with one attached hydrogen (secondary N) is 1. The minimum atomic E-state index is -7.51. The average molecular weight is 443 g/mol. The molecule has 14 heteroatoms. The topological polar surface area (TPSA) is 29.1 Å². The van der Waals surface area contributed by atoms with Crippen molar-refractivity contribution in [3.63, 3.8) is 0 Å². The molecule has 2 nitrogen and oxygen atoms in total. The van der Waals surface area contributed by atoms with Crippen LogP contribution in [-0.2, 0) is 4.79 Å². The smallest absolute Gasteiger partial charge is 0.356 e. The lowest BCUT2D eigenvalue weighted by molar-refractivity contribution is -0.413. The predicted octanol–water partition coefficient (Wildman–Crippen LogP) is 5.37. The fourth-order valence-corrected chi connectivity index (χ4v) is 1.81. The Balaban J connectivity index is 5.39. The highest BCUT2D eigenvalue weighted by Gasteiger charge is 2.87. The highest BCUT2D eigenvalue weighted by Crippen LogP contribution is 2.58. The van der Waals surface area contributed by atoms with Gasteiger partial charge < -0.3 is 5.32 Å². The molecule has 0 radical (unpaired) electrons. The third-order valence-corrected chi connectivity index (χ3v) is 3.97. The summed E-state index contributed by atoms with van der Waals surface area (Å²) in [4.78, 5) is 11.3. The monoisotopic (exact) mass is 443 g/mol. The van der Waals surface area contributed by atoms with Crippen molar-refractivity contribution < 1.29 is 57.5 Å². The highest BCUT2D eigenvalue weighted by molar-refractivity contribution is 5.78. The minimum absolute atomic E-state index is 0.319. The third kappa shape index (κ3) is 4.61. The molecule has 0 rings (SSSR count). The van der Waals surface area contributed by atoms with Gasteiger partial charge in [0.2, 0.25) is 5.91 Å². The van der Waals surface area contributed by atoms with E-state index in [2.05, 4.69) is 0 Å². The fourth-order valence-electron chi connectivity index (χ4n) is 1.81. The summed E-state index contributed by atoms with van der Waals surface area (Å²) in [6.07, 6.45) is -8.53.